The number of amides is 2. The van der Waals surface area contributed by atoms with Crippen molar-refractivity contribution in [3.63, 3.8) is 0 Å². The predicted molar refractivity (Wildman–Crippen MR) is 113 cm³/mol. The molecule has 4 bridgehead atoms. The molecule has 0 heterocycles. The van der Waals surface area contributed by atoms with E-state index < -0.39 is 0 Å². The van der Waals surface area contributed by atoms with Gasteiger partial charge < -0.3 is 15.0 Å². The maximum atomic E-state index is 12.6. The molecule has 5 heteroatoms. The third kappa shape index (κ3) is 4.76. The predicted octanol–water partition coefficient (Wildman–Crippen LogP) is 3.55. The molecule has 4 saturated carbocycles. The quantitative estimate of drug-likeness (QED) is 0.728. The van der Waals surface area contributed by atoms with Gasteiger partial charge in [0.25, 0.3) is 0 Å². The number of hydrogen-bond acceptors (Lipinski definition) is 3. The lowest BCUT2D eigenvalue weighted by atomic mass is 9.49. The molecule has 1 N–H and O–H groups in total. The number of ether oxygens (including phenoxy) is 1. The number of carbonyl (C=O) groups excluding carboxylic acids is 2. The van der Waals surface area contributed by atoms with Crippen LogP contribution in [0.5, 0.6) is 5.75 Å². The molecular formula is C24H34N2O3. The van der Waals surface area contributed by atoms with Crippen LogP contribution in [-0.2, 0) is 9.59 Å². The van der Waals surface area contributed by atoms with E-state index in [1.54, 1.807) is 11.9 Å². The molecule has 0 aromatic heterocycles. The monoisotopic (exact) mass is 398 g/mol. The molecule has 0 aliphatic heterocycles. The Kier molecular flexibility index (Phi) is 5.84. The van der Waals surface area contributed by atoms with Gasteiger partial charge in [0.05, 0.1) is 13.1 Å². The summed E-state index contributed by atoms with van der Waals surface area (Å²) in [6.07, 6.45) is 8.41. The van der Waals surface area contributed by atoms with E-state index in [9.17, 15) is 9.59 Å². The second-order valence-corrected chi connectivity index (χ2v) is 9.80. The van der Waals surface area contributed by atoms with E-state index >= 15 is 0 Å². The Bertz CT molecular complexity index is 725. The van der Waals surface area contributed by atoms with Gasteiger partial charge in [-0.2, -0.15) is 0 Å². The van der Waals surface area contributed by atoms with Crippen molar-refractivity contribution in [2.24, 2.45) is 23.2 Å². The number of benzene rings is 1. The van der Waals surface area contributed by atoms with Gasteiger partial charge in [0.2, 0.25) is 11.8 Å². The highest BCUT2D eigenvalue weighted by Gasteiger charge is 2.51. The molecule has 29 heavy (non-hydrogen) atoms. The molecule has 0 unspecified atom stereocenters. The van der Waals surface area contributed by atoms with E-state index in [0.717, 1.165) is 29.1 Å². The van der Waals surface area contributed by atoms with Gasteiger partial charge in [0, 0.05) is 13.5 Å². The largest absolute Gasteiger partial charge is 0.491 e. The van der Waals surface area contributed by atoms with Gasteiger partial charge in [-0.1, -0.05) is 18.2 Å². The highest BCUT2D eigenvalue weighted by molar-refractivity contribution is 5.84. The summed E-state index contributed by atoms with van der Waals surface area (Å²) in [5.74, 6) is 3.35. The average Bonchev–Trinajstić information content (AvgIpc) is 2.66. The normalized spacial score (nSPS) is 29.5. The zero-order valence-electron chi connectivity index (χ0n) is 17.8. The fourth-order valence-electron chi connectivity index (χ4n) is 6.35. The van der Waals surface area contributed by atoms with E-state index in [0.29, 0.717) is 19.6 Å². The van der Waals surface area contributed by atoms with Gasteiger partial charge >= 0.3 is 0 Å². The first-order chi connectivity index (χ1) is 13.9. The molecule has 0 radical (unpaired) electrons. The summed E-state index contributed by atoms with van der Waals surface area (Å²) in [7, 11) is 1.76. The van der Waals surface area contributed by atoms with Crippen molar-refractivity contribution in [2.75, 3.05) is 26.7 Å². The fourth-order valence-corrected chi connectivity index (χ4v) is 6.35. The maximum absolute atomic E-state index is 12.6. The minimum atomic E-state index is -0.0720. The van der Waals surface area contributed by atoms with Gasteiger partial charge in [0.1, 0.15) is 12.4 Å². The van der Waals surface area contributed by atoms with Crippen molar-refractivity contribution in [1.29, 1.82) is 0 Å². The first-order valence-corrected chi connectivity index (χ1v) is 11.1. The molecule has 4 fully saturated rings. The average molecular weight is 399 g/mol. The van der Waals surface area contributed by atoms with Crippen LogP contribution < -0.4 is 10.1 Å². The molecule has 5 nitrogen and oxygen atoms in total. The first-order valence-electron chi connectivity index (χ1n) is 11.1. The van der Waals surface area contributed by atoms with Crippen LogP contribution >= 0.6 is 0 Å². The standard InChI is InChI=1S/C24H34N2O3/c1-17-5-3-4-6-21(17)29-8-7-26(2)23(28)16-25-22(27)15-24-12-18-9-19(13-24)11-20(10-18)14-24/h3-6,18-20H,7-16H2,1-2H3,(H,25,27). The van der Waals surface area contributed by atoms with Crippen LogP contribution in [-0.4, -0.2) is 43.5 Å². The lowest BCUT2D eigenvalue weighted by Gasteiger charge is -2.56. The molecule has 4 aliphatic carbocycles. The minimum Gasteiger partial charge on any atom is -0.491 e. The minimum absolute atomic E-state index is 0.0462. The molecule has 2 amide bonds. The number of aryl methyl sites for hydroxylation is 1. The SMILES string of the molecule is Cc1ccccc1OCCN(C)C(=O)CNC(=O)CC12CC3CC(CC(C3)C1)C2. The maximum Gasteiger partial charge on any atom is 0.241 e. The van der Waals surface area contributed by atoms with Gasteiger partial charge in [0.15, 0.2) is 0 Å². The molecule has 4 aliphatic rings. The molecule has 5 rings (SSSR count). The summed E-state index contributed by atoms with van der Waals surface area (Å²) in [5.41, 5.74) is 1.30. The van der Waals surface area contributed by atoms with Crippen LogP contribution in [0.1, 0.15) is 50.5 Å². The molecule has 158 valence electrons. The Morgan fingerprint density at radius 2 is 1.72 bits per heavy atom. The highest BCUT2D eigenvalue weighted by atomic mass is 16.5. The van der Waals surface area contributed by atoms with Gasteiger partial charge in [-0.15, -0.1) is 0 Å². The van der Waals surface area contributed by atoms with Crippen molar-refractivity contribution in [3.05, 3.63) is 29.8 Å². The molecular weight excluding hydrogens is 364 g/mol. The number of carbonyl (C=O) groups is 2. The zero-order chi connectivity index (χ0) is 20.4. The fraction of sp³-hybridized carbons (Fsp3) is 0.667. The number of likely N-dealkylation sites (N-methyl/N-ethyl adjacent to an activating group) is 1. The number of hydrogen-bond donors (Lipinski definition) is 1. The lowest BCUT2D eigenvalue weighted by molar-refractivity contribution is -0.135. The van der Waals surface area contributed by atoms with Crippen molar-refractivity contribution in [3.8, 4) is 5.75 Å². The number of nitrogens with one attached hydrogen (secondary N) is 1. The Morgan fingerprint density at radius 3 is 2.34 bits per heavy atom. The Morgan fingerprint density at radius 1 is 1.10 bits per heavy atom. The molecule has 0 saturated heterocycles. The smallest absolute Gasteiger partial charge is 0.241 e. The van der Waals surface area contributed by atoms with Crippen LogP contribution in [0.4, 0.5) is 0 Å². The van der Waals surface area contributed by atoms with E-state index in [2.05, 4.69) is 5.32 Å². The molecule has 0 atom stereocenters. The number of para-hydroxylation sites is 1. The van der Waals surface area contributed by atoms with E-state index in [1.807, 2.05) is 31.2 Å². The molecule has 1 aromatic carbocycles. The summed E-state index contributed by atoms with van der Waals surface area (Å²) >= 11 is 0. The molecule has 1 aromatic rings. The summed E-state index contributed by atoms with van der Waals surface area (Å²) < 4.78 is 5.76. The van der Waals surface area contributed by atoms with Crippen molar-refractivity contribution < 1.29 is 14.3 Å². The second-order valence-electron chi connectivity index (χ2n) is 9.80. The number of nitrogens with zero attached hydrogens (tertiary/aromatic N) is 1. The summed E-state index contributed by atoms with van der Waals surface area (Å²) in [4.78, 5) is 26.6. The Labute approximate surface area is 174 Å². The van der Waals surface area contributed by atoms with Crippen LogP contribution in [0.15, 0.2) is 24.3 Å². The van der Waals surface area contributed by atoms with Crippen molar-refractivity contribution in [1.82, 2.24) is 10.2 Å². The van der Waals surface area contributed by atoms with Crippen molar-refractivity contribution in [2.45, 2.75) is 51.9 Å². The topological polar surface area (TPSA) is 58.6 Å². The first kappa shape index (κ1) is 20.2. The molecule has 0 spiro atoms. The zero-order valence-corrected chi connectivity index (χ0v) is 17.8. The van der Waals surface area contributed by atoms with Gasteiger partial charge in [-0.25, -0.2) is 0 Å². The van der Waals surface area contributed by atoms with Crippen LogP contribution in [0, 0.1) is 30.1 Å². The van der Waals surface area contributed by atoms with Crippen LogP contribution in [0.2, 0.25) is 0 Å². The third-order valence-electron chi connectivity index (χ3n) is 7.34. The van der Waals surface area contributed by atoms with Crippen LogP contribution in [0.25, 0.3) is 0 Å². The van der Waals surface area contributed by atoms with Gasteiger partial charge in [-0.3, -0.25) is 9.59 Å². The summed E-state index contributed by atoms with van der Waals surface area (Å²) in [6.45, 7) is 3.02. The second kappa shape index (κ2) is 8.37. The highest BCUT2D eigenvalue weighted by Crippen LogP contribution is 2.61. The van der Waals surface area contributed by atoms with E-state index in [1.165, 1.54) is 38.5 Å². The lowest BCUT2D eigenvalue weighted by Crippen LogP contribution is -2.48. The van der Waals surface area contributed by atoms with Crippen LogP contribution in [0.3, 0.4) is 0 Å². The van der Waals surface area contributed by atoms with Gasteiger partial charge in [-0.05, 0) is 80.2 Å². The van der Waals surface area contributed by atoms with E-state index in [-0.39, 0.29) is 23.8 Å². The Hall–Kier alpha value is -2.04. The van der Waals surface area contributed by atoms with Crippen molar-refractivity contribution >= 4 is 11.8 Å². The summed E-state index contributed by atoms with van der Waals surface area (Å²) in [6, 6.07) is 7.85. The number of rotatable bonds is 8. The summed E-state index contributed by atoms with van der Waals surface area (Å²) in [5, 5.41) is 2.88. The Balaban J connectivity index is 1.18. The third-order valence-corrected chi connectivity index (χ3v) is 7.34. The van der Waals surface area contributed by atoms with E-state index in [4.69, 9.17) is 4.74 Å².